The number of nitrogens with zero attached hydrogens (tertiary/aromatic N) is 2. The van der Waals surface area contributed by atoms with Gasteiger partial charge in [0.15, 0.2) is 0 Å². The molecule has 1 aliphatic heterocycles. The van der Waals surface area contributed by atoms with E-state index in [9.17, 15) is 8.78 Å². The van der Waals surface area contributed by atoms with Crippen molar-refractivity contribution in [2.24, 2.45) is 0 Å². The van der Waals surface area contributed by atoms with Crippen LogP contribution in [0.2, 0.25) is 0 Å². The number of benzene rings is 3. The van der Waals surface area contributed by atoms with Crippen LogP contribution in [-0.4, -0.2) is 38.9 Å². The maximum absolute atomic E-state index is 13.7. The molecule has 1 aliphatic rings. The van der Waals surface area contributed by atoms with E-state index in [0.29, 0.717) is 5.82 Å². The number of hydrogen-bond acceptors (Lipinski definition) is 4. The van der Waals surface area contributed by atoms with Gasteiger partial charge >= 0.3 is 0 Å². The summed E-state index contributed by atoms with van der Waals surface area (Å²) in [4.78, 5) is 15.8. The Balaban J connectivity index is 0.00000144. The summed E-state index contributed by atoms with van der Waals surface area (Å²) in [6.07, 6.45) is 10.7. The third-order valence-corrected chi connectivity index (χ3v) is 6.80. The number of terminal acetylenes is 1. The van der Waals surface area contributed by atoms with Gasteiger partial charge in [-0.2, -0.15) is 0 Å². The number of aromatic amines is 2. The van der Waals surface area contributed by atoms with Crippen LogP contribution in [0.1, 0.15) is 37.5 Å². The lowest BCUT2D eigenvalue weighted by molar-refractivity contribution is 0.0208. The van der Waals surface area contributed by atoms with Crippen molar-refractivity contribution in [3.05, 3.63) is 72.4 Å². The lowest BCUT2D eigenvalue weighted by Crippen LogP contribution is -2.19. The average Bonchev–Trinajstić information content (AvgIpc) is 3.68. The highest BCUT2D eigenvalue weighted by Crippen LogP contribution is 2.35. The Morgan fingerprint density at radius 1 is 1.00 bits per heavy atom. The number of alkyl halides is 2. The van der Waals surface area contributed by atoms with Crippen molar-refractivity contribution in [3.8, 4) is 35.2 Å². The number of nitrogens with one attached hydrogen (secondary N) is 4. The van der Waals surface area contributed by atoms with Crippen molar-refractivity contribution in [2.75, 3.05) is 13.1 Å². The molecule has 0 bridgehead atoms. The topological polar surface area (TPSA) is 81.4 Å². The number of aromatic nitrogens is 4. The predicted molar refractivity (Wildman–Crippen MR) is 149 cm³/mol. The second kappa shape index (κ2) is 10.7. The zero-order valence-electron chi connectivity index (χ0n) is 21.2. The molecular formula is C30H30F2N6. The molecule has 194 valence electrons. The normalized spacial score (nSPS) is 16.5. The first-order chi connectivity index (χ1) is 18.5. The summed E-state index contributed by atoms with van der Waals surface area (Å²) in [7, 11) is 0. The van der Waals surface area contributed by atoms with E-state index in [1.807, 2.05) is 18.3 Å². The highest BCUT2D eigenvalue weighted by Gasteiger charge is 2.41. The van der Waals surface area contributed by atoms with Crippen LogP contribution < -0.4 is 10.6 Å². The molecule has 3 heterocycles. The van der Waals surface area contributed by atoms with Gasteiger partial charge in [-0.05, 0) is 47.2 Å². The van der Waals surface area contributed by atoms with Gasteiger partial charge in [-0.3, -0.25) is 0 Å². The van der Waals surface area contributed by atoms with E-state index in [1.165, 1.54) is 0 Å². The summed E-state index contributed by atoms with van der Waals surface area (Å²) >= 11 is 0. The Morgan fingerprint density at radius 2 is 1.76 bits per heavy atom. The van der Waals surface area contributed by atoms with Gasteiger partial charge < -0.3 is 20.6 Å². The van der Waals surface area contributed by atoms with Crippen LogP contribution in [0, 0.1) is 12.8 Å². The van der Waals surface area contributed by atoms with E-state index >= 15 is 0 Å². The number of fused-ring (bicyclic) bond motifs is 3. The van der Waals surface area contributed by atoms with Crippen molar-refractivity contribution < 1.29 is 8.78 Å². The largest absolute Gasteiger partial charge is 0.341 e. The van der Waals surface area contributed by atoms with Crippen LogP contribution in [0.5, 0.6) is 0 Å². The van der Waals surface area contributed by atoms with Gasteiger partial charge in [0.1, 0.15) is 11.6 Å². The van der Waals surface area contributed by atoms with E-state index in [4.69, 9.17) is 4.98 Å². The first kappa shape index (κ1) is 25.6. The van der Waals surface area contributed by atoms with E-state index in [1.54, 1.807) is 0 Å². The van der Waals surface area contributed by atoms with Crippen molar-refractivity contribution >= 4 is 21.8 Å². The Hall–Kier alpha value is -4.06. The van der Waals surface area contributed by atoms with Crippen LogP contribution >= 0.6 is 0 Å². The quantitative estimate of drug-likeness (QED) is 0.155. The first-order valence-electron chi connectivity index (χ1n) is 12.7. The lowest BCUT2D eigenvalue weighted by atomic mass is 9.99. The molecule has 0 amide bonds. The third kappa shape index (κ3) is 5.17. The second-order valence-corrected chi connectivity index (χ2v) is 9.51. The van der Waals surface area contributed by atoms with Gasteiger partial charge in [0.25, 0.3) is 5.92 Å². The van der Waals surface area contributed by atoms with Crippen LogP contribution in [0.3, 0.4) is 0 Å². The standard InChI is InChI=1S/C28H28F2N6.C2H2/c1-2-11-31-15-25-32-14-24(34-25)18-5-3-17(4-6-18)19-7-9-21-20(12-19)8-10-22-26(21)36-27(35-22)23-13-28(29,30)16-33-23;1-2/h3-10,12,14,23,31,33H,2,11,13,15-16H2,1H3,(H,32,34)(H,35,36);1-2H/t23-;/m0./s1. The van der Waals surface area contributed by atoms with E-state index in [2.05, 4.69) is 87.8 Å². The molecule has 0 radical (unpaired) electrons. The van der Waals surface area contributed by atoms with Crippen molar-refractivity contribution in [2.45, 2.75) is 38.3 Å². The maximum atomic E-state index is 13.7. The fourth-order valence-corrected chi connectivity index (χ4v) is 4.90. The molecule has 1 fully saturated rings. The zero-order chi connectivity index (χ0) is 26.7. The fourth-order valence-electron chi connectivity index (χ4n) is 4.90. The molecule has 1 atom stereocenters. The van der Waals surface area contributed by atoms with Gasteiger partial charge in [0.05, 0.1) is 42.1 Å². The molecule has 1 saturated heterocycles. The molecular weight excluding hydrogens is 482 g/mol. The Morgan fingerprint density at radius 3 is 2.50 bits per heavy atom. The Labute approximate surface area is 220 Å². The number of H-pyrrole nitrogens is 2. The minimum Gasteiger partial charge on any atom is -0.341 e. The lowest BCUT2D eigenvalue weighted by Gasteiger charge is -2.06. The first-order valence-corrected chi connectivity index (χ1v) is 12.7. The Bertz CT molecular complexity index is 1560. The van der Waals surface area contributed by atoms with E-state index < -0.39 is 12.0 Å². The highest BCUT2D eigenvalue weighted by molar-refractivity contribution is 6.05. The summed E-state index contributed by atoms with van der Waals surface area (Å²) in [5.74, 6) is -1.19. The SMILES string of the molecule is C#C.CCCNCc1ncc(-c2ccc(-c3ccc4c(ccc5[nH]c([C@@H]6CC(F)(F)CN6)nc54)c3)cc2)[nH]1. The number of hydrogen-bond donors (Lipinski definition) is 4. The summed E-state index contributed by atoms with van der Waals surface area (Å²) in [6.45, 7) is 3.54. The van der Waals surface area contributed by atoms with E-state index in [-0.39, 0.29) is 13.0 Å². The zero-order valence-corrected chi connectivity index (χ0v) is 21.2. The number of halogens is 2. The molecule has 38 heavy (non-hydrogen) atoms. The molecule has 5 aromatic rings. The summed E-state index contributed by atoms with van der Waals surface area (Å²) in [6, 6.07) is 18.3. The molecule has 0 unspecified atom stereocenters. The summed E-state index contributed by atoms with van der Waals surface area (Å²) in [5.41, 5.74) is 5.98. The fraction of sp³-hybridized carbons (Fsp3) is 0.267. The molecule has 3 aromatic carbocycles. The van der Waals surface area contributed by atoms with E-state index in [0.717, 1.165) is 69.5 Å². The Kier molecular flexibility index (Phi) is 7.23. The van der Waals surface area contributed by atoms with Gasteiger partial charge in [-0.1, -0.05) is 49.4 Å². The average molecular weight is 513 g/mol. The van der Waals surface area contributed by atoms with Gasteiger partial charge in [-0.15, -0.1) is 12.8 Å². The maximum Gasteiger partial charge on any atom is 0.262 e. The second-order valence-electron chi connectivity index (χ2n) is 9.51. The molecule has 4 N–H and O–H groups in total. The van der Waals surface area contributed by atoms with Gasteiger partial charge in [-0.25, -0.2) is 18.7 Å². The smallest absolute Gasteiger partial charge is 0.262 e. The van der Waals surface area contributed by atoms with Crippen LogP contribution in [0.15, 0.2) is 60.8 Å². The molecule has 6 nitrogen and oxygen atoms in total. The van der Waals surface area contributed by atoms with Crippen LogP contribution in [-0.2, 0) is 6.54 Å². The third-order valence-electron chi connectivity index (χ3n) is 6.80. The van der Waals surface area contributed by atoms with Crippen molar-refractivity contribution in [1.82, 2.24) is 30.6 Å². The van der Waals surface area contributed by atoms with Gasteiger partial charge in [0.2, 0.25) is 0 Å². The molecule has 0 aliphatic carbocycles. The monoisotopic (exact) mass is 512 g/mol. The summed E-state index contributed by atoms with van der Waals surface area (Å²) in [5, 5.41) is 8.30. The van der Waals surface area contributed by atoms with Crippen molar-refractivity contribution in [1.29, 1.82) is 0 Å². The van der Waals surface area contributed by atoms with Crippen molar-refractivity contribution in [3.63, 3.8) is 0 Å². The van der Waals surface area contributed by atoms with Crippen LogP contribution in [0.4, 0.5) is 8.78 Å². The number of rotatable bonds is 7. The molecule has 0 saturated carbocycles. The molecule has 8 heteroatoms. The predicted octanol–water partition coefficient (Wildman–Crippen LogP) is 6.19. The summed E-state index contributed by atoms with van der Waals surface area (Å²) < 4.78 is 27.3. The molecule has 0 spiro atoms. The highest BCUT2D eigenvalue weighted by atomic mass is 19.3. The molecule has 6 rings (SSSR count). The minimum absolute atomic E-state index is 0.236. The number of imidazole rings is 2. The van der Waals surface area contributed by atoms with Gasteiger partial charge in [0, 0.05) is 11.8 Å². The van der Waals surface area contributed by atoms with Crippen LogP contribution in [0.25, 0.3) is 44.2 Å². The minimum atomic E-state index is -2.69. The molecule has 2 aromatic heterocycles.